The summed E-state index contributed by atoms with van der Waals surface area (Å²) in [5.41, 5.74) is 0. The highest BCUT2D eigenvalue weighted by Crippen LogP contribution is 2.41. The van der Waals surface area contributed by atoms with Crippen molar-refractivity contribution < 1.29 is 272 Å². The Morgan fingerprint density at radius 1 is 0.206 bits per heavy atom. The molecule has 11 saturated heterocycles. The predicted octanol–water partition coefficient (Wildman–Crippen LogP) is -23.2. The molecule has 11 aliphatic heterocycles. The molecule has 0 aromatic carbocycles. The highest BCUT2D eigenvalue weighted by atomic mass is 16.8. The van der Waals surface area contributed by atoms with Crippen LogP contribution in [0.1, 0.15) is 41.5 Å². The van der Waals surface area contributed by atoms with Gasteiger partial charge in [0.15, 0.2) is 69.2 Å². The summed E-state index contributed by atoms with van der Waals surface area (Å²) < 4.78 is 126. The summed E-state index contributed by atoms with van der Waals surface area (Å²) in [7, 11) is 0. The van der Waals surface area contributed by atoms with Crippen LogP contribution in [0, 0.1) is 0 Å². The topological polar surface area (TPSA) is 926 Å². The van der Waals surface area contributed by atoms with Gasteiger partial charge in [0.05, 0.1) is 72.2 Å². The van der Waals surface area contributed by atoms with Gasteiger partial charge in [-0.1, -0.05) is 0 Å². The van der Waals surface area contributed by atoms with E-state index in [9.17, 15) is 172 Å². The molecule has 0 aromatic rings. The quantitative estimate of drug-likeness (QED) is 0.0280. The number of rotatable bonds is 35. The molecule has 11 fully saturated rings. The van der Waals surface area contributed by atoms with Crippen LogP contribution >= 0.6 is 0 Å². The third kappa shape index (κ3) is 24.9. The second-order valence-electron chi connectivity index (χ2n) is 34.6. The SMILES string of the molecule is CC(=O)N[C@@H]1[C@@H](O)[C@H](O[C@@H]2O[C@H](CO)[C@@H](O[C@@H]3O[C@H](CO[C@H]4O[C@H](CO[C@@H]5O[C@H](CO)[C@@H](O[C@@H]6O[C@H](CO)[C@H](O)[C@H](O)[C@H]6O)[C@H](O)[C@H]5NC(C)=O)[C@@H](O)[C@H](O)[C@@H]4O[C@@H]4O[C@H](CO)[C@@H](O[C@@H]5O[C@H](CO)[C@H](O)[C@H](O)[C@H]5O)[C@H](O)[C@H]4NC(C)=O)[C@@H](O)[C@H](O[C@H]4O[C@H](CO)[C@@H](O)[C@H](O)[C@@H]4O[C@@H]4O[C@H](CO)[C@@H](O)[C@H](O)[C@H]4NC(C)=O)[C@@H]3O)[C@H](O)[C@H]2NC(C)=O)[C@@H](CO[C@H]2O[C@H](C)[C@H](O)[C@H](O)[C@H]2O)O[C@H]1O. The lowest BCUT2D eigenvalue weighted by Crippen LogP contribution is -2.71. The van der Waals surface area contributed by atoms with Crippen molar-refractivity contribution >= 4 is 29.5 Å². The molecule has 11 aliphatic rings. The fourth-order valence-electron chi connectivity index (χ4n) is 17.6. The zero-order chi connectivity index (χ0) is 100. The summed E-state index contributed by atoms with van der Waals surface area (Å²) >= 11 is 0. The first-order valence-electron chi connectivity index (χ1n) is 43.5. The molecule has 0 spiro atoms. The van der Waals surface area contributed by atoms with Crippen LogP contribution in [0.25, 0.3) is 0 Å². The van der Waals surface area contributed by atoms with E-state index in [2.05, 4.69) is 26.6 Å². The molecular weight excluding hydrogens is 1860 g/mol. The van der Waals surface area contributed by atoms with Gasteiger partial charge in [0, 0.05) is 34.6 Å². The van der Waals surface area contributed by atoms with Crippen LogP contribution in [-0.4, -0.2) is 581 Å². The third-order valence-corrected chi connectivity index (χ3v) is 24.9. The summed E-state index contributed by atoms with van der Waals surface area (Å²) in [6.45, 7) is -5.32. The Morgan fingerprint density at radius 2 is 0.463 bits per heavy atom. The second kappa shape index (κ2) is 48.8. The van der Waals surface area contributed by atoms with Gasteiger partial charge in [0.1, 0.15) is 262 Å². The maximum atomic E-state index is 13.4. The van der Waals surface area contributed by atoms with Crippen LogP contribution in [0.3, 0.4) is 0 Å². The van der Waals surface area contributed by atoms with Gasteiger partial charge in [-0.3, -0.25) is 24.0 Å². The Labute approximate surface area is 770 Å². The van der Waals surface area contributed by atoms with Gasteiger partial charge in [0.2, 0.25) is 29.5 Å². The van der Waals surface area contributed by atoms with E-state index in [-0.39, 0.29) is 0 Å². The number of hydrogen-bond donors (Lipinski definition) is 34. The van der Waals surface area contributed by atoms with Crippen molar-refractivity contribution in [1.82, 2.24) is 26.6 Å². The molecule has 34 N–H and O–H groups in total. The first-order valence-corrected chi connectivity index (χ1v) is 43.5. The lowest BCUT2D eigenvalue weighted by Gasteiger charge is -2.51. The summed E-state index contributed by atoms with van der Waals surface area (Å²) in [6, 6.07) is -9.64. The molecule has 0 aliphatic carbocycles. The molecule has 5 amide bonds. The number of aliphatic hydroxyl groups is 29. The number of aliphatic hydroxyl groups excluding tert-OH is 29. The van der Waals surface area contributed by atoms with E-state index in [1.54, 1.807) is 0 Å². The average Bonchev–Trinajstić information content (AvgIpc) is 0.765. The largest absolute Gasteiger partial charge is 0.394 e. The molecule has 11 heterocycles. The Bertz CT molecular complexity index is 3760. The first-order chi connectivity index (χ1) is 64.3. The molecule has 786 valence electrons. The van der Waals surface area contributed by atoms with Crippen molar-refractivity contribution in [3.8, 4) is 0 Å². The van der Waals surface area contributed by atoms with Crippen LogP contribution < -0.4 is 26.6 Å². The summed E-state index contributed by atoms with van der Waals surface area (Å²) in [5, 5.41) is 338. The summed E-state index contributed by atoms with van der Waals surface area (Å²) in [6.07, 6.45) is -106. The Kier molecular flexibility index (Phi) is 40.1. The number of ether oxygens (including phenoxy) is 21. The zero-order valence-electron chi connectivity index (χ0n) is 73.4. The van der Waals surface area contributed by atoms with E-state index in [0.717, 1.165) is 34.6 Å². The molecule has 0 saturated carbocycles. The number of amides is 5. The van der Waals surface area contributed by atoms with E-state index < -0.39 is 433 Å². The highest BCUT2D eigenvalue weighted by Gasteiger charge is 2.62. The van der Waals surface area contributed by atoms with Gasteiger partial charge >= 0.3 is 0 Å². The minimum Gasteiger partial charge on any atom is -0.394 e. The fourth-order valence-corrected chi connectivity index (χ4v) is 17.6. The van der Waals surface area contributed by atoms with Crippen LogP contribution in [0.2, 0.25) is 0 Å². The third-order valence-electron chi connectivity index (χ3n) is 24.9. The van der Waals surface area contributed by atoms with Crippen LogP contribution in [-0.2, 0) is 123 Å². The molecule has 0 unspecified atom stereocenters. The van der Waals surface area contributed by atoms with Gasteiger partial charge in [-0.2, -0.15) is 0 Å². The molecule has 60 heteroatoms. The predicted molar refractivity (Wildman–Crippen MR) is 419 cm³/mol. The monoisotopic (exact) mass is 1990 g/mol. The minimum absolute atomic E-state index is 0.866. The maximum Gasteiger partial charge on any atom is 0.217 e. The highest BCUT2D eigenvalue weighted by molar-refractivity contribution is 5.75. The van der Waals surface area contributed by atoms with E-state index in [1.165, 1.54) is 6.92 Å². The van der Waals surface area contributed by atoms with Crippen molar-refractivity contribution in [3.05, 3.63) is 0 Å². The molecule has 11 rings (SSSR count). The number of carbonyl (C=O) groups is 5. The lowest BCUT2D eigenvalue weighted by molar-refractivity contribution is -0.397. The normalized spacial score (nSPS) is 49.2. The molecule has 0 aromatic heterocycles. The number of carbonyl (C=O) groups excluding carboxylic acids is 5. The molecule has 0 radical (unpaired) electrons. The van der Waals surface area contributed by atoms with Crippen LogP contribution in [0.4, 0.5) is 0 Å². The lowest BCUT2D eigenvalue weighted by atomic mass is 9.93. The van der Waals surface area contributed by atoms with E-state index >= 15 is 0 Å². The van der Waals surface area contributed by atoms with Gasteiger partial charge in [-0.15, -0.1) is 0 Å². The van der Waals surface area contributed by atoms with Gasteiger partial charge < -0.3 is 274 Å². The Morgan fingerprint density at radius 3 is 0.890 bits per heavy atom. The summed E-state index contributed by atoms with van der Waals surface area (Å²) in [5.74, 6) is -4.76. The van der Waals surface area contributed by atoms with Crippen molar-refractivity contribution in [3.63, 3.8) is 0 Å². The standard InChI is InChI=1S/C76H127N5O55/c1-17-38(94)50(106)55(111)71(119-17)117-16-32-62(46(102)33(66(115)120-32)77-18(2)89)130-69-36(80-21(5)92)48(104)61(29(13-88)126-69)133-74-58(114)63(134-76-65(53(109)42(98)26(10-85)124-76)136-68-34(78-19(3)90)45(101)39(95)23(7-82)121-68)44(100)31(128-74)15-118-75-64(135-70-37(81-22(6)93)49(105)60(28(12-87)127-70)132-73-57(113)52(108)41(97)25(9-84)123-73)54(110)43(99)30(129-75)14-116-67-35(79-20(4)91)47(103)59(27(11-86)125-67)131-72-56(112)51(107)40(96)24(8-83)122-72/h17,23-76,82-88,94-115H,7-16H2,1-6H3,(H,77,89)(H,78,90)(H,79,91)(H,80,92)(H,81,93)/t17-,23-,24-,25-,26-,27-,28-,29-,30-,31-,32-,33-,34-,35-,36-,37-,38+,39-,40+,41+,42-,43-,44-,45-,46-,47-,48-,49-,50+,51+,52+,53+,54+,55-,56-,57-,58+,59-,60-,61-,62-,63+,64+,65+,66-,67-,68+,69+,70+,71+,72+,73+,74+,75+,76-/m1/s1. The molecule has 55 atom stereocenters. The van der Waals surface area contributed by atoms with Crippen molar-refractivity contribution in [2.24, 2.45) is 0 Å². The minimum atomic E-state index is -2.68. The second-order valence-corrected chi connectivity index (χ2v) is 34.6. The Balaban J connectivity index is 0.959. The van der Waals surface area contributed by atoms with Crippen molar-refractivity contribution in [2.75, 3.05) is 66.1 Å². The van der Waals surface area contributed by atoms with E-state index in [4.69, 9.17) is 99.5 Å². The Hall–Kier alpha value is -4.65. The average molecular weight is 1990 g/mol. The molecule has 0 bridgehead atoms. The van der Waals surface area contributed by atoms with Crippen LogP contribution in [0.15, 0.2) is 0 Å². The van der Waals surface area contributed by atoms with Crippen molar-refractivity contribution in [1.29, 1.82) is 0 Å². The van der Waals surface area contributed by atoms with Gasteiger partial charge in [-0.05, 0) is 6.92 Å². The molecular formula is C76H127N5O55. The van der Waals surface area contributed by atoms with E-state index in [1.807, 2.05) is 0 Å². The van der Waals surface area contributed by atoms with Crippen LogP contribution in [0.5, 0.6) is 0 Å². The van der Waals surface area contributed by atoms with Gasteiger partial charge in [0.25, 0.3) is 0 Å². The van der Waals surface area contributed by atoms with E-state index in [0.29, 0.717) is 0 Å². The molecule has 60 nitrogen and oxygen atoms in total. The van der Waals surface area contributed by atoms with Crippen molar-refractivity contribution in [2.45, 2.75) is 379 Å². The van der Waals surface area contributed by atoms with Gasteiger partial charge in [-0.25, -0.2) is 0 Å². The zero-order valence-corrected chi connectivity index (χ0v) is 73.4. The smallest absolute Gasteiger partial charge is 0.217 e. The number of nitrogens with one attached hydrogen (secondary N) is 5. The summed E-state index contributed by atoms with van der Waals surface area (Å²) in [4.78, 5) is 64.8. The maximum absolute atomic E-state index is 13.4. The molecule has 136 heavy (non-hydrogen) atoms. The number of hydrogen-bond acceptors (Lipinski definition) is 55. The fraction of sp³-hybridized carbons (Fsp3) is 0.934. The first kappa shape index (κ1) is 112.